The van der Waals surface area contributed by atoms with Gasteiger partial charge >= 0.3 is 0 Å². The van der Waals surface area contributed by atoms with Crippen molar-refractivity contribution in [3.63, 3.8) is 0 Å². The minimum Gasteiger partial charge on any atom is -0.493 e. The normalized spacial score (nSPS) is 11.6. The molecule has 1 atom stereocenters. The van der Waals surface area contributed by atoms with E-state index in [9.17, 15) is 4.79 Å². The van der Waals surface area contributed by atoms with Crippen LogP contribution in [0, 0.1) is 0 Å². The zero-order valence-corrected chi connectivity index (χ0v) is 17.5. The molecule has 2 rings (SSSR count). The zero-order chi connectivity index (χ0) is 21.1. The largest absolute Gasteiger partial charge is 0.493 e. The van der Waals surface area contributed by atoms with Gasteiger partial charge in [0.25, 0.3) is 5.91 Å². The van der Waals surface area contributed by atoms with Gasteiger partial charge in [-0.15, -0.1) is 0 Å². The van der Waals surface area contributed by atoms with E-state index in [1.54, 1.807) is 19.1 Å². The van der Waals surface area contributed by atoms with Crippen molar-refractivity contribution in [2.75, 3.05) is 25.1 Å². The van der Waals surface area contributed by atoms with E-state index in [2.05, 4.69) is 24.5 Å². The summed E-state index contributed by atoms with van der Waals surface area (Å²) in [6, 6.07) is 12.9. The van der Waals surface area contributed by atoms with E-state index in [4.69, 9.17) is 14.6 Å². The lowest BCUT2D eigenvalue weighted by Crippen LogP contribution is -2.34. The molecule has 0 fully saturated rings. The average Bonchev–Trinajstić information content (AvgIpc) is 2.75. The number of anilines is 1. The van der Waals surface area contributed by atoms with Crippen LogP contribution in [-0.2, 0) is 6.54 Å². The third-order valence-corrected chi connectivity index (χ3v) is 4.25. The van der Waals surface area contributed by atoms with Gasteiger partial charge in [0.2, 0.25) is 0 Å². The van der Waals surface area contributed by atoms with Crippen LogP contribution in [-0.4, -0.2) is 36.9 Å². The number of hydrogen-bond acceptors (Lipinski definition) is 5. The van der Waals surface area contributed by atoms with Gasteiger partial charge in [-0.05, 0) is 56.2 Å². The summed E-state index contributed by atoms with van der Waals surface area (Å²) in [5.74, 6) is 1.44. The standard InChI is InChI=1S/C23H32N2O4/c1-4-12-28-21-11-8-19(22(14-21)29-13-5-2)15-24-20-9-6-18(7-10-20)23(27)25-17(3)16-26/h6-11,14,17,24,26H,4-5,12-13,15-16H2,1-3H3,(H,25,27)/t17-/m0/s1. The van der Waals surface area contributed by atoms with Crippen LogP contribution in [0.25, 0.3) is 0 Å². The first-order chi connectivity index (χ1) is 14.1. The molecule has 0 aliphatic heterocycles. The molecular formula is C23H32N2O4. The Balaban J connectivity index is 2.01. The van der Waals surface area contributed by atoms with E-state index in [-0.39, 0.29) is 18.6 Å². The molecule has 0 spiro atoms. The molecule has 0 aromatic heterocycles. The van der Waals surface area contributed by atoms with Gasteiger partial charge in [-0.1, -0.05) is 13.8 Å². The van der Waals surface area contributed by atoms with Crippen LogP contribution in [0.3, 0.4) is 0 Å². The highest BCUT2D eigenvalue weighted by Crippen LogP contribution is 2.26. The molecule has 0 aliphatic rings. The lowest BCUT2D eigenvalue weighted by atomic mass is 10.1. The Morgan fingerprint density at radius 2 is 1.72 bits per heavy atom. The molecule has 0 saturated carbocycles. The van der Waals surface area contributed by atoms with Crippen LogP contribution in [0.5, 0.6) is 11.5 Å². The third kappa shape index (κ3) is 7.31. The number of ether oxygens (including phenoxy) is 2. The lowest BCUT2D eigenvalue weighted by molar-refractivity contribution is 0.0922. The highest BCUT2D eigenvalue weighted by Gasteiger charge is 2.10. The van der Waals surface area contributed by atoms with E-state index >= 15 is 0 Å². The Hall–Kier alpha value is -2.73. The SMILES string of the molecule is CCCOc1ccc(CNc2ccc(C(=O)N[C@@H](C)CO)cc2)c(OCCC)c1. The molecule has 6 nitrogen and oxygen atoms in total. The third-order valence-electron chi connectivity index (χ3n) is 4.25. The minimum absolute atomic E-state index is 0.0872. The van der Waals surface area contributed by atoms with Gasteiger partial charge in [-0.3, -0.25) is 4.79 Å². The Morgan fingerprint density at radius 3 is 2.38 bits per heavy atom. The Kier molecular flexibility index (Phi) is 9.31. The maximum absolute atomic E-state index is 12.1. The first-order valence-corrected chi connectivity index (χ1v) is 10.2. The summed E-state index contributed by atoms with van der Waals surface area (Å²) >= 11 is 0. The number of aliphatic hydroxyl groups is 1. The predicted molar refractivity (Wildman–Crippen MR) is 116 cm³/mol. The number of aliphatic hydroxyl groups excluding tert-OH is 1. The minimum atomic E-state index is -0.272. The summed E-state index contributed by atoms with van der Waals surface area (Å²) in [4.78, 5) is 12.1. The van der Waals surface area contributed by atoms with Gasteiger partial charge < -0.3 is 25.2 Å². The molecular weight excluding hydrogens is 368 g/mol. The second kappa shape index (κ2) is 12.0. The smallest absolute Gasteiger partial charge is 0.251 e. The van der Waals surface area contributed by atoms with Gasteiger partial charge in [-0.25, -0.2) is 0 Å². The van der Waals surface area contributed by atoms with Gasteiger partial charge in [0, 0.05) is 35.5 Å². The molecule has 0 bridgehead atoms. The second-order valence-corrected chi connectivity index (χ2v) is 6.95. The van der Waals surface area contributed by atoms with Crippen LogP contribution in [0.4, 0.5) is 5.69 Å². The van der Waals surface area contributed by atoms with Crippen molar-refractivity contribution in [3.8, 4) is 11.5 Å². The molecule has 2 aromatic carbocycles. The molecule has 0 saturated heterocycles. The summed E-state index contributed by atoms with van der Waals surface area (Å²) in [5, 5.41) is 15.1. The Bertz CT molecular complexity index is 762. The molecule has 29 heavy (non-hydrogen) atoms. The van der Waals surface area contributed by atoms with E-state index in [1.807, 2.05) is 30.3 Å². The van der Waals surface area contributed by atoms with Crippen LogP contribution >= 0.6 is 0 Å². The molecule has 6 heteroatoms. The predicted octanol–water partition coefficient (Wildman–Crippen LogP) is 3.99. The van der Waals surface area contributed by atoms with E-state index in [1.165, 1.54) is 0 Å². The molecule has 0 heterocycles. The average molecular weight is 401 g/mol. The van der Waals surface area contributed by atoms with Crippen LogP contribution < -0.4 is 20.1 Å². The maximum atomic E-state index is 12.1. The number of carbonyl (C=O) groups is 1. The fourth-order valence-corrected chi connectivity index (χ4v) is 2.63. The fourth-order valence-electron chi connectivity index (χ4n) is 2.63. The highest BCUT2D eigenvalue weighted by atomic mass is 16.5. The number of carbonyl (C=O) groups excluding carboxylic acids is 1. The Morgan fingerprint density at radius 1 is 1.03 bits per heavy atom. The Labute approximate surface area is 173 Å². The first kappa shape index (κ1) is 22.6. The number of amides is 1. The molecule has 0 radical (unpaired) electrons. The molecule has 3 N–H and O–H groups in total. The quantitative estimate of drug-likeness (QED) is 0.502. The van der Waals surface area contributed by atoms with Gasteiger partial charge in [0.15, 0.2) is 0 Å². The van der Waals surface area contributed by atoms with Crippen molar-refractivity contribution in [1.29, 1.82) is 0 Å². The van der Waals surface area contributed by atoms with Crippen molar-refractivity contribution >= 4 is 11.6 Å². The molecule has 0 unspecified atom stereocenters. The van der Waals surface area contributed by atoms with Crippen molar-refractivity contribution in [2.45, 2.75) is 46.2 Å². The molecule has 0 aliphatic carbocycles. The van der Waals surface area contributed by atoms with Crippen LogP contribution in [0.15, 0.2) is 42.5 Å². The summed E-state index contributed by atoms with van der Waals surface area (Å²) in [6.45, 7) is 7.76. The van der Waals surface area contributed by atoms with E-state index < -0.39 is 0 Å². The molecule has 1 amide bonds. The summed E-state index contributed by atoms with van der Waals surface area (Å²) < 4.78 is 11.6. The van der Waals surface area contributed by atoms with Gasteiger partial charge in [-0.2, -0.15) is 0 Å². The topological polar surface area (TPSA) is 79.8 Å². The fraction of sp³-hybridized carbons (Fsp3) is 0.435. The summed E-state index contributed by atoms with van der Waals surface area (Å²) in [6.07, 6.45) is 1.90. The number of rotatable bonds is 12. The summed E-state index contributed by atoms with van der Waals surface area (Å²) in [7, 11) is 0. The highest BCUT2D eigenvalue weighted by molar-refractivity contribution is 5.94. The molecule has 2 aromatic rings. The first-order valence-electron chi connectivity index (χ1n) is 10.2. The van der Waals surface area contributed by atoms with Crippen LogP contribution in [0.1, 0.15) is 49.5 Å². The lowest BCUT2D eigenvalue weighted by Gasteiger charge is -2.15. The van der Waals surface area contributed by atoms with E-state index in [0.717, 1.165) is 35.6 Å². The molecule has 158 valence electrons. The second-order valence-electron chi connectivity index (χ2n) is 6.95. The zero-order valence-electron chi connectivity index (χ0n) is 17.5. The number of nitrogens with one attached hydrogen (secondary N) is 2. The van der Waals surface area contributed by atoms with Gasteiger partial charge in [0.1, 0.15) is 11.5 Å². The monoisotopic (exact) mass is 400 g/mol. The van der Waals surface area contributed by atoms with Crippen molar-refractivity contribution in [2.24, 2.45) is 0 Å². The van der Waals surface area contributed by atoms with Crippen molar-refractivity contribution < 1.29 is 19.4 Å². The van der Waals surface area contributed by atoms with E-state index in [0.29, 0.717) is 25.3 Å². The van der Waals surface area contributed by atoms with Gasteiger partial charge in [0.05, 0.1) is 19.8 Å². The number of benzene rings is 2. The van der Waals surface area contributed by atoms with Crippen LogP contribution in [0.2, 0.25) is 0 Å². The summed E-state index contributed by atoms with van der Waals surface area (Å²) in [5.41, 5.74) is 2.51. The number of hydrogen-bond donors (Lipinski definition) is 3. The van der Waals surface area contributed by atoms with Crippen molar-refractivity contribution in [1.82, 2.24) is 5.32 Å². The van der Waals surface area contributed by atoms with Crippen molar-refractivity contribution in [3.05, 3.63) is 53.6 Å². The maximum Gasteiger partial charge on any atom is 0.251 e.